The van der Waals surface area contributed by atoms with Crippen molar-refractivity contribution < 1.29 is 4.79 Å². The molecule has 1 aliphatic rings. The number of carbonyl (C=O) groups is 1. The summed E-state index contributed by atoms with van der Waals surface area (Å²) >= 11 is 5.85. The number of rotatable bonds is 5. The molecular formula is C15H21ClN2O. The minimum Gasteiger partial charge on any atom is -0.350 e. The van der Waals surface area contributed by atoms with Crippen molar-refractivity contribution in [1.82, 2.24) is 5.32 Å². The number of amides is 1. The van der Waals surface area contributed by atoms with E-state index in [4.69, 9.17) is 17.3 Å². The molecule has 0 heterocycles. The van der Waals surface area contributed by atoms with Gasteiger partial charge < -0.3 is 11.1 Å². The average molecular weight is 281 g/mol. The highest BCUT2D eigenvalue weighted by molar-refractivity contribution is 6.30. The largest absolute Gasteiger partial charge is 0.350 e. The lowest BCUT2D eigenvalue weighted by atomic mass is 9.66. The molecule has 1 atom stereocenters. The first-order valence-corrected chi connectivity index (χ1v) is 7.17. The van der Waals surface area contributed by atoms with Gasteiger partial charge in [0.1, 0.15) is 0 Å². The number of halogens is 1. The monoisotopic (exact) mass is 280 g/mol. The highest BCUT2D eigenvalue weighted by atomic mass is 35.5. The van der Waals surface area contributed by atoms with E-state index in [2.05, 4.69) is 5.32 Å². The van der Waals surface area contributed by atoms with Crippen LogP contribution in [0.15, 0.2) is 24.3 Å². The first-order valence-electron chi connectivity index (χ1n) is 6.80. The van der Waals surface area contributed by atoms with Crippen molar-refractivity contribution in [3.05, 3.63) is 34.9 Å². The molecule has 0 aliphatic heterocycles. The molecule has 0 bridgehead atoms. The Morgan fingerprint density at radius 3 is 2.53 bits per heavy atom. The van der Waals surface area contributed by atoms with Gasteiger partial charge in [-0.25, -0.2) is 0 Å². The first kappa shape index (κ1) is 14.4. The minimum atomic E-state index is -0.000308. The summed E-state index contributed by atoms with van der Waals surface area (Å²) < 4.78 is 0. The molecule has 1 amide bonds. The van der Waals surface area contributed by atoms with Gasteiger partial charge in [0.15, 0.2) is 0 Å². The van der Waals surface area contributed by atoms with Crippen LogP contribution in [0.2, 0.25) is 5.02 Å². The summed E-state index contributed by atoms with van der Waals surface area (Å²) in [6.45, 7) is 2.59. The van der Waals surface area contributed by atoms with Crippen molar-refractivity contribution in [2.45, 2.75) is 38.6 Å². The zero-order valence-electron chi connectivity index (χ0n) is 11.3. The van der Waals surface area contributed by atoms with Crippen LogP contribution in [0.3, 0.4) is 0 Å². The molecular weight excluding hydrogens is 260 g/mol. The second-order valence-electron chi connectivity index (χ2n) is 5.58. The molecule has 0 radical (unpaired) electrons. The molecule has 19 heavy (non-hydrogen) atoms. The van der Waals surface area contributed by atoms with Crippen molar-refractivity contribution >= 4 is 17.5 Å². The average Bonchev–Trinajstić information content (AvgIpc) is 2.34. The molecule has 2 rings (SSSR count). The van der Waals surface area contributed by atoms with E-state index >= 15 is 0 Å². The van der Waals surface area contributed by atoms with Gasteiger partial charge >= 0.3 is 0 Å². The number of hydrogen-bond donors (Lipinski definition) is 2. The number of hydrogen-bond acceptors (Lipinski definition) is 2. The zero-order chi connectivity index (χ0) is 13.9. The van der Waals surface area contributed by atoms with E-state index in [-0.39, 0.29) is 17.4 Å². The van der Waals surface area contributed by atoms with Crippen LogP contribution in [-0.2, 0) is 4.79 Å². The normalized spacial score (nSPS) is 18.5. The molecule has 0 saturated heterocycles. The number of nitrogens with one attached hydrogen (secondary N) is 1. The van der Waals surface area contributed by atoms with Gasteiger partial charge in [-0.05, 0) is 49.4 Å². The topological polar surface area (TPSA) is 55.1 Å². The van der Waals surface area contributed by atoms with Crippen LogP contribution in [0.1, 0.15) is 44.2 Å². The Labute approximate surface area is 119 Å². The third-order valence-electron chi connectivity index (χ3n) is 4.13. The lowest BCUT2D eigenvalue weighted by Crippen LogP contribution is -2.42. The van der Waals surface area contributed by atoms with Crippen molar-refractivity contribution in [3.8, 4) is 0 Å². The van der Waals surface area contributed by atoms with Gasteiger partial charge in [0.05, 0.1) is 6.04 Å². The third kappa shape index (κ3) is 3.48. The van der Waals surface area contributed by atoms with Crippen LogP contribution >= 0.6 is 11.6 Å². The van der Waals surface area contributed by atoms with E-state index in [1.54, 1.807) is 0 Å². The maximum atomic E-state index is 12.1. The Hall–Kier alpha value is -1.06. The molecule has 1 aromatic carbocycles. The van der Waals surface area contributed by atoms with Gasteiger partial charge in [-0.1, -0.05) is 30.2 Å². The lowest BCUT2D eigenvalue weighted by molar-refractivity contribution is -0.125. The van der Waals surface area contributed by atoms with Gasteiger partial charge in [-0.2, -0.15) is 0 Å². The van der Waals surface area contributed by atoms with Gasteiger partial charge in [0.25, 0.3) is 0 Å². The van der Waals surface area contributed by atoms with Crippen molar-refractivity contribution in [2.24, 2.45) is 11.1 Å². The van der Waals surface area contributed by atoms with E-state index in [1.807, 2.05) is 31.2 Å². The predicted molar refractivity (Wildman–Crippen MR) is 78.0 cm³/mol. The van der Waals surface area contributed by atoms with Crippen LogP contribution < -0.4 is 11.1 Å². The summed E-state index contributed by atoms with van der Waals surface area (Å²) in [5.41, 5.74) is 6.90. The van der Waals surface area contributed by atoms with Crippen molar-refractivity contribution in [2.75, 3.05) is 6.54 Å². The van der Waals surface area contributed by atoms with E-state index in [1.165, 1.54) is 6.42 Å². The quantitative estimate of drug-likeness (QED) is 0.871. The summed E-state index contributed by atoms with van der Waals surface area (Å²) in [5, 5.41) is 3.74. The number of nitrogens with two attached hydrogens (primary N) is 1. The molecule has 0 spiro atoms. The molecule has 1 aromatic rings. The fourth-order valence-corrected chi connectivity index (χ4v) is 2.72. The second kappa shape index (κ2) is 5.93. The third-order valence-corrected chi connectivity index (χ3v) is 4.38. The van der Waals surface area contributed by atoms with Crippen molar-refractivity contribution in [1.29, 1.82) is 0 Å². The van der Waals surface area contributed by atoms with Crippen LogP contribution in [0, 0.1) is 5.41 Å². The summed E-state index contributed by atoms with van der Waals surface area (Å²) in [6.07, 6.45) is 3.89. The Morgan fingerprint density at radius 1 is 1.42 bits per heavy atom. The van der Waals surface area contributed by atoms with E-state index in [9.17, 15) is 4.79 Å². The van der Waals surface area contributed by atoms with Crippen LogP contribution in [0.5, 0.6) is 0 Å². The molecule has 1 aliphatic carbocycles. The van der Waals surface area contributed by atoms with E-state index in [0.29, 0.717) is 18.0 Å². The zero-order valence-corrected chi connectivity index (χ0v) is 12.0. The Bertz CT molecular complexity index is 434. The molecule has 1 saturated carbocycles. The highest BCUT2D eigenvalue weighted by Crippen LogP contribution is 2.42. The van der Waals surface area contributed by atoms with E-state index in [0.717, 1.165) is 18.4 Å². The lowest BCUT2D eigenvalue weighted by Gasteiger charge is -2.40. The highest BCUT2D eigenvalue weighted by Gasteiger charge is 2.37. The van der Waals surface area contributed by atoms with Crippen molar-refractivity contribution in [3.63, 3.8) is 0 Å². The van der Waals surface area contributed by atoms with Crippen LogP contribution in [0.25, 0.3) is 0 Å². The fraction of sp³-hybridized carbons (Fsp3) is 0.533. The maximum absolute atomic E-state index is 12.1. The number of carbonyl (C=O) groups excluding carboxylic acids is 1. The molecule has 0 aromatic heterocycles. The summed E-state index contributed by atoms with van der Waals surface area (Å²) in [6, 6.07) is 7.56. The Balaban J connectivity index is 1.89. The molecule has 0 unspecified atom stereocenters. The standard InChI is InChI=1S/C15H21ClN2O/c1-11(12-3-5-13(16)6-4-12)18-14(19)9-15(10-17)7-2-8-15/h3-6,11H,2,7-10,17H2,1H3,(H,18,19)/t11-/m0/s1. The predicted octanol–water partition coefficient (Wildman–Crippen LogP) is 3.04. The smallest absolute Gasteiger partial charge is 0.221 e. The van der Waals surface area contributed by atoms with Crippen LogP contribution in [-0.4, -0.2) is 12.5 Å². The second-order valence-corrected chi connectivity index (χ2v) is 6.01. The van der Waals surface area contributed by atoms with Gasteiger partial charge in [-0.15, -0.1) is 0 Å². The molecule has 104 valence electrons. The summed E-state index contributed by atoms with van der Waals surface area (Å²) in [7, 11) is 0. The maximum Gasteiger partial charge on any atom is 0.221 e. The van der Waals surface area contributed by atoms with Gasteiger partial charge in [0.2, 0.25) is 5.91 Å². The molecule has 1 fully saturated rings. The Morgan fingerprint density at radius 2 is 2.05 bits per heavy atom. The molecule has 3 nitrogen and oxygen atoms in total. The molecule has 4 heteroatoms. The minimum absolute atomic E-state index is 0.000308. The molecule has 3 N–H and O–H groups in total. The van der Waals surface area contributed by atoms with E-state index < -0.39 is 0 Å². The van der Waals surface area contributed by atoms with Gasteiger partial charge in [-0.3, -0.25) is 4.79 Å². The Kier molecular flexibility index (Phi) is 4.48. The first-order chi connectivity index (χ1) is 9.04. The summed E-state index contributed by atoms with van der Waals surface area (Å²) in [5.74, 6) is 0.0904. The summed E-state index contributed by atoms with van der Waals surface area (Å²) in [4.78, 5) is 12.1. The fourth-order valence-electron chi connectivity index (χ4n) is 2.60. The van der Waals surface area contributed by atoms with Crippen LogP contribution in [0.4, 0.5) is 0 Å². The SMILES string of the molecule is C[C@H](NC(=O)CC1(CN)CCC1)c1ccc(Cl)cc1. The van der Waals surface area contributed by atoms with Gasteiger partial charge in [0, 0.05) is 11.4 Å². The number of benzene rings is 1.